The van der Waals surface area contributed by atoms with Crippen LogP contribution in [0.5, 0.6) is 0 Å². The van der Waals surface area contributed by atoms with E-state index in [1.54, 1.807) is 20.1 Å². The highest BCUT2D eigenvalue weighted by molar-refractivity contribution is 7.84. The van der Waals surface area contributed by atoms with Gasteiger partial charge in [0.15, 0.2) is 0 Å². The number of rotatable bonds is 7. The lowest BCUT2D eigenvalue weighted by Gasteiger charge is -2.18. The molecule has 17 heavy (non-hydrogen) atoms. The van der Waals surface area contributed by atoms with Crippen LogP contribution < -0.4 is 10.6 Å². The molecule has 6 nitrogen and oxygen atoms in total. The number of carboxylic acids is 1. The van der Waals surface area contributed by atoms with Crippen molar-refractivity contribution in [2.45, 2.75) is 26.3 Å². The Bertz CT molecular complexity index is 294. The molecule has 0 aromatic carbocycles. The van der Waals surface area contributed by atoms with Crippen molar-refractivity contribution in [3.8, 4) is 0 Å². The molecule has 0 aliphatic rings. The van der Waals surface area contributed by atoms with Gasteiger partial charge in [0, 0.05) is 29.4 Å². The summed E-state index contributed by atoms with van der Waals surface area (Å²) in [5.74, 6) is -0.710. The molecule has 0 radical (unpaired) electrons. The molecule has 3 N–H and O–H groups in total. The molecular formula is C10H20N2O4S. The predicted octanol–water partition coefficient (Wildman–Crippen LogP) is 0.163. The minimum Gasteiger partial charge on any atom is -0.480 e. The van der Waals surface area contributed by atoms with E-state index in [0.717, 1.165) is 0 Å². The van der Waals surface area contributed by atoms with E-state index < -0.39 is 28.8 Å². The van der Waals surface area contributed by atoms with E-state index in [1.807, 2.05) is 0 Å². The van der Waals surface area contributed by atoms with Gasteiger partial charge >= 0.3 is 12.0 Å². The Morgan fingerprint density at radius 1 is 1.35 bits per heavy atom. The number of nitrogens with one attached hydrogen (secondary N) is 2. The van der Waals surface area contributed by atoms with Gasteiger partial charge in [0.25, 0.3) is 0 Å². The molecule has 0 fully saturated rings. The second kappa shape index (κ2) is 8.05. The van der Waals surface area contributed by atoms with Crippen molar-refractivity contribution in [3.63, 3.8) is 0 Å². The van der Waals surface area contributed by atoms with Gasteiger partial charge in [-0.05, 0) is 12.3 Å². The zero-order chi connectivity index (χ0) is 13.4. The summed E-state index contributed by atoms with van der Waals surface area (Å²) in [7, 11) is -0.871. The Kier molecular flexibility index (Phi) is 7.53. The first-order valence-electron chi connectivity index (χ1n) is 5.41. The van der Waals surface area contributed by atoms with Crippen LogP contribution in [-0.4, -0.2) is 45.9 Å². The Hall–Kier alpha value is -1.11. The van der Waals surface area contributed by atoms with Crippen LogP contribution in [-0.2, 0) is 15.6 Å². The SMILES string of the molecule is CC(C)[C@@H](NC(=O)NCCCS(C)=O)C(=O)O. The standard InChI is InChI=1S/C10H20N2O4S/c1-7(2)8(9(13)14)12-10(15)11-5-4-6-17(3)16/h7-8H,4-6H2,1-3H3,(H,13,14)(H2,11,12,15)/t8-,17?/m1/s1. The zero-order valence-electron chi connectivity index (χ0n) is 10.4. The average molecular weight is 264 g/mol. The molecule has 2 amide bonds. The van der Waals surface area contributed by atoms with Crippen LogP contribution in [0.15, 0.2) is 0 Å². The van der Waals surface area contributed by atoms with E-state index in [1.165, 1.54) is 0 Å². The lowest BCUT2D eigenvalue weighted by Crippen LogP contribution is -2.48. The van der Waals surface area contributed by atoms with Crippen LogP contribution in [0.4, 0.5) is 4.79 Å². The van der Waals surface area contributed by atoms with Gasteiger partial charge < -0.3 is 15.7 Å². The topological polar surface area (TPSA) is 95.5 Å². The van der Waals surface area contributed by atoms with Crippen LogP contribution in [0.1, 0.15) is 20.3 Å². The van der Waals surface area contributed by atoms with E-state index >= 15 is 0 Å². The molecule has 0 heterocycles. The fraction of sp³-hybridized carbons (Fsp3) is 0.800. The highest BCUT2D eigenvalue weighted by atomic mass is 32.2. The number of hydrogen-bond acceptors (Lipinski definition) is 3. The smallest absolute Gasteiger partial charge is 0.326 e. The normalized spacial score (nSPS) is 14.1. The van der Waals surface area contributed by atoms with Crippen molar-refractivity contribution < 1.29 is 18.9 Å². The summed E-state index contributed by atoms with van der Waals surface area (Å²) in [6.45, 7) is 3.83. The molecule has 0 bridgehead atoms. The second-order valence-electron chi connectivity index (χ2n) is 4.09. The zero-order valence-corrected chi connectivity index (χ0v) is 11.2. The molecule has 0 saturated carbocycles. The molecule has 7 heteroatoms. The molecule has 0 aliphatic heterocycles. The summed E-state index contributed by atoms with van der Waals surface area (Å²) in [6.07, 6.45) is 2.20. The van der Waals surface area contributed by atoms with Crippen molar-refractivity contribution in [3.05, 3.63) is 0 Å². The molecule has 1 unspecified atom stereocenters. The Balaban J connectivity index is 3.91. The molecule has 2 atom stereocenters. The summed E-state index contributed by atoms with van der Waals surface area (Å²) in [5.41, 5.74) is 0. The molecule has 0 spiro atoms. The monoisotopic (exact) mass is 264 g/mol. The third-order valence-electron chi connectivity index (χ3n) is 2.11. The fourth-order valence-electron chi connectivity index (χ4n) is 1.18. The first-order valence-corrected chi connectivity index (χ1v) is 7.14. The van der Waals surface area contributed by atoms with Gasteiger partial charge in [-0.15, -0.1) is 0 Å². The minimum absolute atomic E-state index is 0.179. The Morgan fingerprint density at radius 2 is 1.94 bits per heavy atom. The van der Waals surface area contributed by atoms with Gasteiger partial charge in [-0.3, -0.25) is 4.21 Å². The molecule has 0 aliphatic carbocycles. The molecule has 0 aromatic rings. The first kappa shape index (κ1) is 15.9. The number of carboxylic acid groups (broad SMARTS) is 1. The summed E-state index contributed by atoms with van der Waals surface area (Å²) in [6, 6.07) is -1.40. The summed E-state index contributed by atoms with van der Waals surface area (Å²) < 4.78 is 10.7. The van der Waals surface area contributed by atoms with Crippen molar-refractivity contribution in [1.82, 2.24) is 10.6 Å². The second-order valence-corrected chi connectivity index (χ2v) is 5.65. The van der Waals surface area contributed by atoms with Crippen LogP contribution in [0, 0.1) is 5.92 Å². The van der Waals surface area contributed by atoms with E-state index in [-0.39, 0.29) is 5.92 Å². The maximum atomic E-state index is 11.3. The van der Waals surface area contributed by atoms with E-state index in [4.69, 9.17) is 5.11 Å². The minimum atomic E-state index is -1.05. The van der Waals surface area contributed by atoms with Crippen molar-refractivity contribution in [1.29, 1.82) is 0 Å². The van der Waals surface area contributed by atoms with Gasteiger partial charge in [0.2, 0.25) is 0 Å². The largest absolute Gasteiger partial charge is 0.480 e. The van der Waals surface area contributed by atoms with Crippen LogP contribution in [0.2, 0.25) is 0 Å². The van der Waals surface area contributed by atoms with E-state index in [9.17, 15) is 13.8 Å². The van der Waals surface area contributed by atoms with Gasteiger partial charge in [-0.25, -0.2) is 9.59 Å². The van der Waals surface area contributed by atoms with Crippen LogP contribution >= 0.6 is 0 Å². The summed E-state index contributed by atoms with van der Waals surface area (Å²) >= 11 is 0. The predicted molar refractivity (Wildman–Crippen MR) is 66.3 cm³/mol. The summed E-state index contributed by atoms with van der Waals surface area (Å²) in [5, 5.41) is 13.8. The van der Waals surface area contributed by atoms with Crippen LogP contribution in [0.25, 0.3) is 0 Å². The number of aliphatic carboxylic acids is 1. The third kappa shape index (κ3) is 7.73. The van der Waals surface area contributed by atoms with Gasteiger partial charge in [0.05, 0.1) is 0 Å². The van der Waals surface area contributed by atoms with Crippen molar-refractivity contribution >= 4 is 22.8 Å². The summed E-state index contributed by atoms with van der Waals surface area (Å²) in [4.78, 5) is 22.2. The molecule has 100 valence electrons. The lowest BCUT2D eigenvalue weighted by atomic mass is 10.1. The highest BCUT2D eigenvalue weighted by Crippen LogP contribution is 2.01. The highest BCUT2D eigenvalue weighted by Gasteiger charge is 2.22. The average Bonchev–Trinajstić information content (AvgIpc) is 2.19. The van der Waals surface area contributed by atoms with Crippen molar-refractivity contribution in [2.24, 2.45) is 5.92 Å². The number of hydrogen-bond donors (Lipinski definition) is 3. The van der Waals surface area contributed by atoms with E-state index in [2.05, 4.69) is 10.6 Å². The fourth-order valence-corrected chi connectivity index (χ4v) is 1.73. The van der Waals surface area contributed by atoms with Crippen molar-refractivity contribution in [2.75, 3.05) is 18.6 Å². The molecular weight excluding hydrogens is 244 g/mol. The Labute approximate surface area is 104 Å². The number of urea groups is 1. The number of amides is 2. The lowest BCUT2D eigenvalue weighted by molar-refractivity contribution is -0.140. The quantitative estimate of drug-likeness (QED) is 0.571. The number of carbonyl (C=O) groups is 2. The third-order valence-corrected chi connectivity index (χ3v) is 2.98. The molecule has 0 aromatic heterocycles. The van der Waals surface area contributed by atoms with Gasteiger partial charge in [-0.2, -0.15) is 0 Å². The maximum absolute atomic E-state index is 11.3. The van der Waals surface area contributed by atoms with E-state index in [0.29, 0.717) is 18.7 Å². The molecule has 0 saturated heterocycles. The maximum Gasteiger partial charge on any atom is 0.326 e. The van der Waals surface area contributed by atoms with Gasteiger partial charge in [0.1, 0.15) is 6.04 Å². The number of carbonyl (C=O) groups excluding carboxylic acids is 1. The first-order chi connectivity index (χ1) is 7.84. The van der Waals surface area contributed by atoms with Gasteiger partial charge in [-0.1, -0.05) is 13.8 Å². The molecule has 0 rings (SSSR count). The Morgan fingerprint density at radius 3 is 2.35 bits per heavy atom. The van der Waals surface area contributed by atoms with Crippen LogP contribution in [0.3, 0.4) is 0 Å².